The highest BCUT2D eigenvalue weighted by Gasteiger charge is 2.25. The smallest absolute Gasteiger partial charge is 0.134 e. The minimum atomic E-state index is 0.281. The van der Waals surface area contributed by atoms with Crippen LogP contribution in [0.5, 0.6) is 0 Å². The molecule has 0 aliphatic heterocycles. The van der Waals surface area contributed by atoms with E-state index in [9.17, 15) is 0 Å². The van der Waals surface area contributed by atoms with Gasteiger partial charge in [0.25, 0.3) is 0 Å². The van der Waals surface area contributed by atoms with Crippen molar-refractivity contribution in [3.63, 3.8) is 0 Å². The van der Waals surface area contributed by atoms with E-state index in [0.29, 0.717) is 6.04 Å². The highest BCUT2D eigenvalue weighted by atomic mass is 16.3. The number of furan rings is 1. The predicted molar refractivity (Wildman–Crippen MR) is 88.6 cm³/mol. The first-order valence-electron chi connectivity index (χ1n) is 8.47. The predicted octanol–water partition coefficient (Wildman–Crippen LogP) is 5.22. The van der Waals surface area contributed by atoms with Crippen LogP contribution in [0.1, 0.15) is 63.8 Å². The number of benzene rings is 1. The molecule has 2 heteroatoms. The van der Waals surface area contributed by atoms with E-state index in [-0.39, 0.29) is 6.04 Å². The van der Waals surface area contributed by atoms with Gasteiger partial charge in [0, 0.05) is 17.0 Å². The van der Waals surface area contributed by atoms with Gasteiger partial charge in [-0.2, -0.15) is 0 Å². The van der Waals surface area contributed by atoms with Crippen LogP contribution in [0.2, 0.25) is 0 Å². The van der Waals surface area contributed by atoms with E-state index in [1.807, 2.05) is 6.07 Å². The molecule has 3 rings (SSSR count). The Morgan fingerprint density at radius 2 is 1.90 bits per heavy atom. The number of hydrogen-bond donors (Lipinski definition) is 1. The number of aryl methyl sites for hydroxylation is 1. The molecule has 2 nitrogen and oxygen atoms in total. The summed E-state index contributed by atoms with van der Waals surface area (Å²) in [4.78, 5) is 0. The van der Waals surface area contributed by atoms with Crippen molar-refractivity contribution in [2.24, 2.45) is 5.92 Å². The molecule has 1 fully saturated rings. The van der Waals surface area contributed by atoms with Crippen LogP contribution in [0.25, 0.3) is 11.0 Å². The molecule has 1 saturated carbocycles. The molecule has 2 atom stereocenters. The van der Waals surface area contributed by atoms with Crippen molar-refractivity contribution in [2.75, 3.05) is 0 Å². The molecule has 1 aromatic heterocycles. The van der Waals surface area contributed by atoms with E-state index >= 15 is 0 Å². The molecule has 1 N–H and O–H groups in total. The molecule has 2 aromatic rings. The lowest BCUT2D eigenvalue weighted by Gasteiger charge is -2.24. The van der Waals surface area contributed by atoms with E-state index in [2.05, 4.69) is 44.3 Å². The Kier molecular flexibility index (Phi) is 4.34. The van der Waals surface area contributed by atoms with Crippen molar-refractivity contribution in [3.05, 3.63) is 35.6 Å². The Hall–Kier alpha value is -1.28. The van der Waals surface area contributed by atoms with Gasteiger partial charge in [0.2, 0.25) is 0 Å². The summed E-state index contributed by atoms with van der Waals surface area (Å²) in [6.45, 7) is 6.79. The minimum absolute atomic E-state index is 0.281. The number of fused-ring (bicyclic) bond motifs is 1. The Labute approximate surface area is 127 Å². The standard InChI is InChI=1S/C19H27NO/c1-4-16-17-11-7-8-12-18(17)21-19(16)14(3)20-13(2)15-9-5-6-10-15/h7-8,11-15,20H,4-6,9-10H2,1-3H3/t13-,14?/m0/s1. The molecule has 0 spiro atoms. The van der Waals surface area contributed by atoms with Crippen molar-refractivity contribution in [3.8, 4) is 0 Å². The lowest BCUT2D eigenvalue weighted by Crippen LogP contribution is -2.34. The average Bonchev–Trinajstić information content (AvgIpc) is 3.14. The van der Waals surface area contributed by atoms with Gasteiger partial charge in [-0.1, -0.05) is 38.0 Å². The van der Waals surface area contributed by atoms with Crippen LogP contribution in [0, 0.1) is 5.92 Å². The number of hydrogen-bond acceptors (Lipinski definition) is 2. The van der Waals surface area contributed by atoms with E-state index in [0.717, 1.165) is 23.7 Å². The van der Waals surface area contributed by atoms with Crippen LogP contribution >= 0.6 is 0 Å². The Morgan fingerprint density at radius 1 is 1.19 bits per heavy atom. The maximum Gasteiger partial charge on any atom is 0.134 e. The fourth-order valence-corrected chi connectivity index (χ4v) is 3.90. The highest BCUT2D eigenvalue weighted by molar-refractivity contribution is 5.82. The zero-order valence-electron chi connectivity index (χ0n) is 13.5. The topological polar surface area (TPSA) is 25.2 Å². The van der Waals surface area contributed by atoms with Crippen molar-refractivity contribution in [2.45, 2.75) is 65.0 Å². The van der Waals surface area contributed by atoms with Gasteiger partial charge in [-0.05, 0) is 45.1 Å². The maximum atomic E-state index is 6.15. The minimum Gasteiger partial charge on any atom is -0.459 e. The summed E-state index contributed by atoms with van der Waals surface area (Å²) in [5.41, 5.74) is 2.38. The van der Waals surface area contributed by atoms with Crippen LogP contribution in [0.15, 0.2) is 28.7 Å². The summed E-state index contributed by atoms with van der Waals surface area (Å²) >= 11 is 0. The molecule has 1 aliphatic carbocycles. The maximum absolute atomic E-state index is 6.15. The van der Waals surface area contributed by atoms with Crippen molar-refractivity contribution in [1.82, 2.24) is 5.32 Å². The van der Waals surface area contributed by atoms with Gasteiger partial charge in [-0.15, -0.1) is 0 Å². The van der Waals surface area contributed by atoms with Crippen LogP contribution in [0.3, 0.4) is 0 Å². The zero-order chi connectivity index (χ0) is 14.8. The lowest BCUT2D eigenvalue weighted by atomic mass is 9.98. The fourth-order valence-electron chi connectivity index (χ4n) is 3.90. The van der Waals surface area contributed by atoms with Crippen molar-refractivity contribution >= 4 is 11.0 Å². The molecule has 1 unspecified atom stereocenters. The second-order valence-corrected chi connectivity index (χ2v) is 6.52. The zero-order valence-corrected chi connectivity index (χ0v) is 13.5. The van der Waals surface area contributed by atoms with Gasteiger partial charge in [-0.3, -0.25) is 0 Å². The molecule has 21 heavy (non-hydrogen) atoms. The molecule has 1 aliphatic rings. The Bertz CT molecular complexity index is 595. The molecule has 0 saturated heterocycles. The summed E-state index contributed by atoms with van der Waals surface area (Å²) in [7, 11) is 0. The third-order valence-electron chi connectivity index (χ3n) is 5.10. The molecule has 1 aromatic carbocycles. The van der Waals surface area contributed by atoms with E-state index in [4.69, 9.17) is 4.42 Å². The second kappa shape index (κ2) is 6.23. The van der Waals surface area contributed by atoms with E-state index in [1.165, 1.54) is 36.6 Å². The first-order valence-corrected chi connectivity index (χ1v) is 8.47. The van der Waals surface area contributed by atoms with Crippen molar-refractivity contribution < 1.29 is 4.42 Å². The van der Waals surface area contributed by atoms with Gasteiger partial charge in [0.05, 0.1) is 6.04 Å². The number of rotatable bonds is 5. The summed E-state index contributed by atoms with van der Waals surface area (Å²) in [5.74, 6) is 1.96. The molecule has 114 valence electrons. The van der Waals surface area contributed by atoms with Crippen LogP contribution in [0.4, 0.5) is 0 Å². The second-order valence-electron chi connectivity index (χ2n) is 6.52. The van der Waals surface area contributed by atoms with E-state index in [1.54, 1.807) is 0 Å². The molecule has 0 bridgehead atoms. The van der Waals surface area contributed by atoms with E-state index < -0.39 is 0 Å². The third-order valence-corrected chi connectivity index (χ3v) is 5.10. The normalized spacial score (nSPS) is 19.2. The van der Waals surface area contributed by atoms with Gasteiger partial charge in [-0.25, -0.2) is 0 Å². The molecule has 0 amide bonds. The Morgan fingerprint density at radius 3 is 2.62 bits per heavy atom. The van der Waals surface area contributed by atoms with Gasteiger partial charge in [0.1, 0.15) is 11.3 Å². The summed E-state index contributed by atoms with van der Waals surface area (Å²) in [6.07, 6.45) is 6.57. The van der Waals surface area contributed by atoms with Gasteiger partial charge >= 0.3 is 0 Å². The summed E-state index contributed by atoms with van der Waals surface area (Å²) in [5, 5.41) is 5.06. The third kappa shape index (κ3) is 2.87. The van der Waals surface area contributed by atoms with Crippen molar-refractivity contribution in [1.29, 1.82) is 0 Å². The van der Waals surface area contributed by atoms with Crippen LogP contribution in [-0.4, -0.2) is 6.04 Å². The average molecular weight is 285 g/mol. The quantitative estimate of drug-likeness (QED) is 0.814. The van der Waals surface area contributed by atoms with Gasteiger partial charge < -0.3 is 9.73 Å². The number of para-hydroxylation sites is 1. The molecular formula is C19H27NO. The summed E-state index contributed by atoms with van der Waals surface area (Å²) in [6, 6.07) is 9.25. The largest absolute Gasteiger partial charge is 0.459 e. The lowest BCUT2D eigenvalue weighted by molar-refractivity contribution is 0.329. The fraction of sp³-hybridized carbons (Fsp3) is 0.579. The monoisotopic (exact) mass is 285 g/mol. The summed E-state index contributed by atoms with van der Waals surface area (Å²) < 4.78 is 6.15. The molecule has 1 heterocycles. The number of nitrogens with one attached hydrogen (secondary N) is 1. The van der Waals surface area contributed by atoms with Crippen LogP contribution in [-0.2, 0) is 6.42 Å². The van der Waals surface area contributed by atoms with Crippen LogP contribution < -0.4 is 5.32 Å². The first-order chi connectivity index (χ1) is 10.2. The highest BCUT2D eigenvalue weighted by Crippen LogP contribution is 2.32. The Balaban J connectivity index is 1.81. The molecule has 0 radical (unpaired) electrons. The van der Waals surface area contributed by atoms with Gasteiger partial charge in [0.15, 0.2) is 0 Å². The first kappa shape index (κ1) is 14.6. The molecular weight excluding hydrogens is 258 g/mol. The SMILES string of the molecule is CCc1c(C(C)N[C@@H](C)C2CCCC2)oc2ccccc12.